The second-order valence-corrected chi connectivity index (χ2v) is 16.0. The zero-order valence-corrected chi connectivity index (χ0v) is 32.0. The van der Waals surface area contributed by atoms with Gasteiger partial charge in [-0.3, -0.25) is 44.4 Å². The first-order valence-electron chi connectivity index (χ1n) is 18.3. The molecular formula is C37H42N6O13S. The summed E-state index contributed by atoms with van der Waals surface area (Å²) in [6.45, 7) is 4.56. The van der Waals surface area contributed by atoms with Gasteiger partial charge < -0.3 is 29.5 Å². The molecule has 0 aliphatic carbocycles. The number of carboxylic acids is 1. The van der Waals surface area contributed by atoms with Gasteiger partial charge in [-0.25, -0.2) is 9.59 Å². The fraction of sp³-hybridized carbons (Fsp3) is 0.486. The molecule has 304 valence electrons. The first kappa shape index (κ1) is 41.0. The standard InChI is InChI=1S/C37H42N6O13S/c1-22-30(33(46)39-14-3-13-38(16-17-39)19-29(45)55-20-24-4-8-26(9-5-24)42(51)52)31(34(47)48)41-32(22)37(23(2)44,35(41)49)57-28-12-15-40(18-28)36(50)56-21-25-6-10-27(11-7-25)43(53)54/h4-11,22-23,28,32,44H,3,12-21H2,1-2H3,(H,47,48)/t22-,23?,28?,32+,37?/m1/s1. The third-order valence-electron chi connectivity index (χ3n) is 10.8. The smallest absolute Gasteiger partial charge is 0.410 e. The molecule has 3 amide bonds. The molecule has 4 aliphatic heterocycles. The van der Waals surface area contributed by atoms with Crippen molar-refractivity contribution in [3.8, 4) is 0 Å². The van der Waals surface area contributed by atoms with Crippen LogP contribution in [0.4, 0.5) is 16.2 Å². The van der Waals surface area contributed by atoms with Crippen molar-refractivity contribution < 1.29 is 53.5 Å². The van der Waals surface area contributed by atoms with Gasteiger partial charge in [0.25, 0.3) is 17.3 Å². The molecule has 20 heteroatoms. The van der Waals surface area contributed by atoms with Crippen molar-refractivity contribution in [3.05, 3.63) is 91.2 Å². The molecule has 19 nitrogen and oxygen atoms in total. The summed E-state index contributed by atoms with van der Waals surface area (Å²) in [7, 11) is 0. The average Bonchev–Trinajstić information content (AvgIpc) is 3.68. The summed E-state index contributed by atoms with van der Waals surface area (Å²) >= 11 is 1.18. The molecule has 0 spiro atoms. The van der Waals surface area contributed by atoms with E-state index in [0.29, 0.717) is 37.1 Å². The van der Waals surface area contributed by atoms with E-state index >= 15 is 0 Å². The minimum atomic E-state index is -1.49. The van der Waals surface area contributed by atoms with Gasteiger partial charge in [0.15, 0.2) is 0 Å². The molecule has 2 aromatic rings. The zero-order valence-electron chi connectivity index (χ0n) is 31.2. The lowest BCUT2D eigenvalue weighted by Gasteiger charge is -2.56. The van der Waals surface area contributed by atoms with Crippen LogP contribution in [0.5, 0.6) is 0 Å². The van der Waals surface area contributed by atoms with Crippen molar-refractivity contribution in [2.45, 2.75) is 62.0 Å². The number of hydrogen-bond donors (Lipinski definition) is 2. The van der Waals surface area contributed by atoms with Crippen molar-refractivity contribution in [1.29, 1.82) is 0 Å². The number of esters is 1. The number of β-lactam (4-membered cyclic amide) rings is 1. The third kappa shape index (κ3) is 8.28. The Morgan fingerprint density at radius 3 is 2.05 bits per heavy atom. The number of aliphatic hydroxyl groups is 1. The number of nitrogens with zero attached hydrogens (tertiary/aromatic N) is 6. The lowest BCUT2D eigenvalue weighted by atomic mass is 9.76. The van der Waals surface area contributed by atoms with E-state index in [1.165, 1.54) is 77.0 Å². The molecule has 2 N–H and O–H groups in total. The van der Waals surface area contributed by atoms with Crippen molar-refractivity contribution in [2.75, 3.05) is 45.8 Å². The summed E-state index contributed by atoms with van der Waals surface area (Å²) in [5.74, 6) is -3.90. The van der Waals surface area contributed by atoms with Gasteiger partial charge in [0.1, 0.15) is 23.7 Å². The Balaban J connectivity index is 1.06. The number of carbonyl (C=O) groups excluding carboxylic acids is 4. The maximum Gasteiger partial charge on any atom is 0.410 e. The van der Waals surface area contributed by atoms with Crippen LogP contribution in [-0.2, 0) is 41.9 Å². The van der Waals surface area contributed by atoms with Crippen LogP contribution >= 0.6 is 11.8 Å². The molecule has 6 rings (SSSR count). The normalized spacial score (nSPS) is 24.0. The number of nitro benzene ring substituents is 2. The SMILES string of the molecule is CC(O)C1(SC2CCN(C(=O)OCc3ccc([N+](=O)[O-])cc3)C2)C(=O)N2C(C(=O)O)=C(C(=O)N3CCCN(CC(=O)OCc4ccc([N+](=O)[O-])cc4)CC3)[C@@H](C)[C@H]21. The first-order valence-corrected chi connectivity index (χ1v) is 19.2. The van der Waals surface area contributed by atoms with Gasteiger partial charge in [0.05, 0.1) is 34.1 Å². The summed E-state index contributed by atoms with van der Waals surface area (Å²) in [6.07, 6.45) is -0.922. The van der Waals surface area contributed by atoms with Gasteiger partial charge in [-0.15, -0.1) is 11.8 Å². The van der Waals surface area contributed by atoms with E-state index < -0.39 is 68.2 Å². The van der Waals surface area contributed by atoms with Crippen molar-refractivity contribution in [2.24, 2.45) is 5.92 Å². The molecule has 0 radical (unpaired) electrons. The molecule has 4 heterocycles. The van der Waals surface area contributed by atoms with E-state index in [1.807, 2.05) is 4.90 Å². The van der Waals surface area contributed by atoms with E-state index in [1.54, 1.807) is 6.92 Å². The number of non-ortho nitro benzene ring substituents is 2. The summed E-state index contributed by atoms with van der Waals surface area (Å²) in [4.78, 5) is 93.1. The highest BCUT2D eigenvalue weighted by Crippen LogP contribution is 2.57. The molecule has 3 fully saturated rings. The first-order chi connectivity index (χ1) is 27.1. The average molecular weight is 811 g/mol. The Kier molecular flexibility index (Phi) is 12.1. The van der Waals surface area contributed by atoms with Crippen molar-refractivity contribution in [1.82, 2.24) is 19.6 Å². The quantitative estimate of drug-likeness (QED) is 0.128. The highest BCUT2D eigenvalue weighted by Gasteiger charge is 2.71. The lowest BCUT2D eigenvalue weighted by Crippen LogP contribution is -2.76. The molecule has 0 bridgehead atoms. The fourth-order valence-corrected chi connectivity index (χ4v) is 9.76. The number of ether oxygens (including phenoxy) is 2. The fourth-order valence-electron chi connectivity index (χ4n) is 7.89. The molecule has 4 aliphatic rings. The summed E-state index contributed by atoms with van der Waals surface area (Å²) < 4.78 is 9.29. The minimum absolute atomic E-state index is 0.0391. The van der Waals surface area contributed by atoms with Crippen LogP contribution in [0.2, 0.25) is 0 Å². The summed E-state index contributed by atoms with van der Waals surface area (Å²) in [5, 5.41) is 43.0. The number of benzene rings is 2. The molecule has 2 aromatic carbocycles. The van der Waals surface area contributed by atoms with E-state index in [2.05, 4.69) is 0 Å². The maximum atomic E-state index is 14.2. The molecule has 57 heavy (non-hydrogen) atoms. The maximum absolute atomic E-state index is 14.2. The van der Waals surface area contributed by atoms with Crippen molar-refractivity contribution in [3.63, 3.8) is 0 Å². The van der Waals surface area contributed by atoms with Gasteiger partial charge in [-0.1, -0.05) is 6.92 Å². The van der Waals surface area contributed by atoms with Crippen LogP contribution in [0.25, 0.3) is 0 Å². The number of rotatable bonds is 13. The van der Waals surface area contributed by atoms with Gasteiger partial charge in [-0.05, 0) is 55.2 Å². The van der Waals surface area contributed by atoms with Gasteiger partial charge >= 0.3 is 18.0 Å². The Morgan fingerprint density at radius 2 is 1.49 bits per heavy atom. The Morgan fingerprint density at radius 1 is 0.895 bits per heavy atom. The predicted octanol–water partition coefficient (Wildman–Crippen LogP) is 2.54. The number of likely N-dealkylation sites (tertiary alicyclic amines) is 1. The number of aliphatic carboxylic acids is 1. The minimum Gasteiger partial charge on any atom is -0.477 e. The molecule has 5 atom stereocenters. The topological polar surface area (TPSA) is 244 Å². The summed E-state index contributed by atoms with van der Waals surface area (Å²) in [5.41, 5.74) is 0.514. The lowest BCUT2D eigenvalue weighted by molar-refractivity contribution is -0.385. The van der Waals surface area contributed by atoms with Crippen molar-refractivity contribution >= 4 is 53.0 Å². The number of thioether (sulfide) groups is 1. The number of fused-ring (bicyclic) bond motifs is 1. The van der Waals surface area contributed by atoms with Crippen LogP contribution in [0.1, 0.15) is 37.8 Å². The molecule has 0 aromatic heterocycles. The van der Waals surface area contributed by atoms with Crippen LogP contribution in [0.3, 0.4) is 0 Å². The summed E-state index contributed by atoms with van der Waals surface area (Å²) in [6, 6.07) is 10.4. The third-order valence-corrected chi connectivity index (χ3v) is 12.7. The van der Waals surface area contributed by atoms with Crippen LogP contribution in [0, 0.1) is 26.1 Å². The number of amides is 3. The second kappa shape index (κ2) is 16.9. The van der Waals surface area contributed by atoms with Crippen LogP contribution in [-0.4, -0.2) is 137 Å². The highest BCUT2D eigenvalue weighted by atomic mass is 32.2. The van der Waals surface area contributed by atoms with Gasteiger partial charge in [0.2, 0.25) is 5.91 Å². The van der Waals surface area contributed by atoms with E-state index in [0.717, 1.165) is 4.90 Å². The van der Waals surface area contributed by atoms with E-state index in [4.69, 9.17) is 9.47 Å². The molecule has 0 saturated carbocycles. The van der Waals surface area contributed by atoms with Gasteiger partial charge in [-0.2, -0.15) is 0 Å². The Bertz CT molecular complexity index is 1980. The molecule has 3 unspecified atom stereocenters. The number of carbonyl (C=O) groups is 5. The Labute approximate surface area is 330 Å². The highest BCUT2D eigenvalue weighted by molar-refractivity contribution is 8.02. The number of nitro groups is 2. The second-order valence-electron chi connectivity index (χ2n) is 14.4. The largest absolute Gasteiger partial charge is 0.477 e. The van der Waals surface area contributed by atoms with E-state index in [9.17, 15) is 54.4 Å². The number of hydrogen-bond acceptors (Lipinski definition) is 14. The predicted molar refractivity (Wildman–Crippen MR) is 200 cm³/mol. The Hall–Kier alpha value is -5.60. The number of carboxylic acid groups (broad SMARTS) is 1. The van der Waals surface area contributed by atoms with E-state index in [-0.39, 0.29) is 68.1 Å². The van der Waals surface area contributed by atoms with Gasteiger partial charge in [0, 0.05) is 74.7 Å². The monoisotopic (exact) mass is 810 g/mol. The van der Waals surface area contributed by atoms with Crippen LogP contribution in [0.15, 0.2) is 59.8 Å². The number of aliphatic hydroxyl groups excluding tert-OH is 1. The van der Waals surface area contributed by atoms with Crippen LogP contribution < -0.4 is 0 Å². The molecule has 3 saturated heterocycles. The zero-order chi connectivity index (χ0) is 41.2. The molecular weight excluding hydrogens is 769 g/mol.